The van der Waals surface area contributed by atoms with E-state index in [1.807, 2.05) is 11.9 Å². The average molecular weight is 230 g/mol. The maximum absolute atomic E-state index is 5.70. The summed E-state index contributed by atoms with van der Waals surface area (Å²) in [4.78, 5) is 6.24. The van der Waals surface area contributed by atoms with Crippen LogP contribution >= 0.6 is 15.9 Å². The number of hydrogen-bond acceptors (Lipinski definition) is 3. The van der Waals surface area contributed by atoms with Gasteiger partial charge in [-0.15, -0.1) is 0 Å². The minimum Gasteiger partial charge on any atom is -0.398 e. The van der Waals surface area contributed by atoms with Crippen LogP contribution in [0.1, 0.15) is 6.92 Å². The summed E-state index contributed by atoms with van der Waals surface area (Å²) in [6.45, 7) is 2.98. The second kappa shape index (κ2) is 3.76. The summed E-state index contributed by atoms with van der Waals surface area (Å²) in [5.41, 5.74) is 6.42. The maximum Gasteiger partial charge on any atom is 0.144 e. The van der Waals surface area contributed by atoms with Crippen LogP contribution in [0.25, 0.3) is 0 Å². The summed E-state index contributed by atoms with van der Waals surface area (Å²) in [5.74, 6) is 0.887. The zero-order chi connectivity index (χ0) is 9.14. The van der Waals surface area contributed by atoms with Gasteiger partial charge in [0.25, 0.3) is 0 Å². The molecule has 0 bridgehead atoms. The Labute approximate surface area is 80.7 Å². The van der Waals surface area contributed by atoms with Crippen LogP contribution in [-0.4, -0.2) is 18.6 Å². The van der Waals surface area contributed by atoms with Crippen molar-refractivity contribution in [3.8, 4) is 0 Å². The number of nitrogens with zero attached hydrogens (tertiary/aromatic N) is 2. The van der Waals surface area contributed by atoms with Crippen LogP contribution in [0.2, 0.25) is 0 Å². The minimum atomic E-state index is 0.723. The van der Waals surface area contributed by atoms with Crippen LogP contribution in [-0.2, 0) is 0 Å². The van der Waals surface area contributed by atoms with Crippen molar-refractivity contribution in [3.63, 3.8) is 0 Å². The molecule has 0 amide bonds. The predicted molar refractivity (Wildman–Crippen MR) is 55.3 cm³/mol. The molecule has 0 atom stereocenters. The van der Waals surface area contributed by atoms with Crippen molar-refractivity contribution < 1.29 is 0 Å². The van der Waals surface area contributed by atoms with Crippen LogP contribution in [0.4, 0.5) is 11.5 Å². The number of hydrogen-bond donors (Lipinski definition) is 1. The summed E-state index contributed by atoms with van der Waals surface area (Å²) in [7, 11) is 1.98. The van der Waals surface area contributed by atoms with Gasteiger partial charge in [0.1, 0.15) is 5.82 Å². The van der Waals surface area contributed by atoms with Crippen molar-refractivity contribution in [1.82, 2.24) is 4.98 Å². The van der Waals surface area contributed by atoms with E-state index in [4.69, 9.17) is 5.73 Å². The molecule has 0 aliphatic rings. The fraction of sp³-hybridized carbons (Fsp3) is 0.375. The van der Waals surface area contributed by atoms with Gasteiger partial charge in [-0.25, -0.2) is 4.98 Å². The van der Waals surface area contributed by atoms with Crippen LogP contribution < -0.4 is 10.6 Å². The van der Waals surface area contributed by atoms with Crippen molar-refractivity contribution in [2.45, 2.75) is 6.92 Å². The van der Waals surface area contributed by atoms with Crippen LogP contribution in [0.3, 0.4) is 0 Å². The molecular formula is C8H12BrN3. The molecule has 66 valence electrons. The van der Waals surface area contributed by atoms with E-state index < -0.39 is 0 Å². The maximum atomic E-state index is 5.70. The van der Waals surface area contributed by atoms with Crippen LogP contribution in [0.5, 0.6) is 0 Å². The molecule has 0 unspecified atom stereocenters. The highest BCUT2D eigenvalue weighted by molar-refractivity contribution is 9.10. The lowest BCUT2D eigenvalue weighted by Gasteiger charge is -2.17. The van der Waals surface area contributed by atoms with E-state index in [0.717, 1.165) is 22.5 Å². The van der Waals surface area contributed by atoms with E-state index in [-0.39, 0.29) is 0 Å². The molecule has 1 heterocycles. The van der Waals surface area contributed by atoms with E-state index in [9.17, 15) is 0 Å². The van der Waals surface area contributed by atoms with Gasteiger partial charge in [-0.3, -0.25) is 0 Å². The Balaban J connectivity index is 3.07. The first-order valence-corrected chi connectivity index (χ1v) is 4.57. The quantitative estimate of drug-likeness (QED) is 0.843. The fourth-order valence-corrected chi connectivity index (χ4v) is 1.40. The number of anilines is 2. The zero-order valence-corrected chi connectivity index (χ0v) is 8.80. The van der Waals surface area contributed by atoms with Gasteiger partial charge in [0.15, 0.2) is 0 Å². The smallest absolute Gasteiger partial charge is 0.144 e. The molecule has 0 spiro atoms. The molecule has 2 N–H and O–H groups in total. The summed E-state index contributed by atoms with van der Waals surface area (Å²) < 4.78 is 0.870. The van der Waals surface area contributed by atoms with Gasteiger partial charge in [0.2, 0.25) is 0 Å². The molecule has 1 rings (SSSR count). The van der Waals surface area contributed by atoms with E-state index >= 15 is 0 Å². The van der Waals surface area contributed by atoms with Gasteiger partial charge in [-0.2, -0.15) is 0 Å². The molecule has 4 heteroatoms. The lowest BCUT2D eigenvalue weighted by Crippen LogP contribution is -2.18. The lowest BCUT2D eigenvalue weighted by atomic mass is 10.4. The van der Waals surface area contributed by atoms with E-state index in [1.165, 1.54) is 0 Å². The third-order valence-electron chi connectivity index (χ3n) is 1.74. The molecule has 0 saturated heterocycles. The monoisotopic (exact) mass is 229 g/mol. The van der Waals surface area contributed by atoms with Gasteiger partial charge in [0.05, 0.1) is 10.2 Å². The van der Waals surface area contributed by atoms with Crippen LogP contribution in [0.15, 0.2) is 16.7 Å². The molecule has 1 aromatic heterocycles. The Hall–Kier alpha value is -0.770. The number of aromatic nitrogens is 1. The van der Waals surface area contributed by atoms with Gasteiger partial charge in [-0.05, 0) is 28.9 Å². The molecule has 0 aromatic carbocycles. The average Bonchev–Trinajstić information content (AvgIpc) is 2.08. The standard InChI is InChI=1S/C8H12BrN3/c1-3-12(2)8-7(9)6(10)4-5-11-8/h4-5H,3H2,1-2H3,(H2,10,11). The van der Waals surface area contributed by atoms with Crippen molar-refractivity contribution in [1.29, 1.82) is 0 Å². The topological polar surface area (TPSA) is 42.2 Å². The molecule has 0 saturated carbocycles. The third kappa shape index (κ3) is 1.69. The SMILES string of the molecule is CCN(C)c1nccc(N)c1Br. The molecule has 1 aromatic rings. The fourth-order valence-electron chi connectivity index (χ4n) is 0.863. The second-order valence-electron chi connectivity index (χ2n) is 2.55. The van der Waals surface area contributed by atoms with E-state index in [2.05, 4.69) is 27.8 Å². The van der Waals surface area contributed by atoms with E-state index in [0.29, 0.717) is 0 Å². The second-order valence-corrected chi connectivity index (χ2v) is 3.34. The Morgan fingerprint density at radius 1 is 1.67 bits per heavy atom. The highest BCUT2D eigenvalue weighted by Crippen LogP contribution is 2.27. The largest absolute Gasteiger partial charge is 0.398 e. The van der Waals surface area contributed by atoms with Gasteiger partial charge in [0, 0.05) is 19.8 Å². The highest BCUT2D eigenvalue weighted by Gasteiger charge is 2.06. The lowest BCUT2D eigenvalue weighted by molar-refractivity contribution is 0.934. The first-order chi connectivity index (χ1) is 5.66. The summed E-state index contributed by atoms with van der Waals surface area (Å²) in [5, 5.41) is 0. The van der Waals surface area contributed by atoms with Crippen molar-refractivity contribution in [2.75, 3.05) is 24.2 Å². The first-order valence-electron chi connectivity index (χ1n) is 3.78. The zero-order valence-electron chi connectivity index (χ0n) is 7.21. The Morgan fingerprint density at radius 2 is 2.33 bits per heavy atom. The Bertz CT molecular complexity index is 275. The Morgan fingerprint density at radius 3 is 2.92 bits per heavy atom. The van der Waals surface area contributed by atoms with Gasteiger partial charge < -0.3 is 10.6 Å². The number of nitrogens with two attached hydrogens (primary N) is 1. The number of pyridine rings is 1. The molecule has 3 nitrogen and oxygen atoms in total. The molecular weight excluding hydrogens is 218 g/mol. The minimum absolute atomic E-state index is 0.723. The highest BCUT2D eigenvalue weighted by atomic mass is 79.9. The number of halogens is 1. The predicted octanol–water partition coefficient (Wildman–Crippen LogP) is 1.88. The Kier molecular flexibility index (Phi) is 2.92. The molecule has 0 aliphatic carbocycles. The van der Waals surface area contributed by atoms with Crippen LogP contribution in [0, 0.1) is 0 Å². The van der Waals surface area contributed by atoms with Crippen molar-refractivity contribution >= 4 is 27.4 Å². The summed E-state index contributed by atoms with van der Waals surface area (Å²) in [6.07, 6.45) is 1.71. The number of rotatable bonds is 2. The molecule has 0 fully saturated rings. The van der Waals surface area contributed by atoms with E-state index in [1.54, 1.807) is 12.3 Å². The molecule has 0 aliphatic heterocycles. The number of nitrogen functional groups attached to an aromatic ring is 1. The van der Waals surface area contributed by atoms with Crippen molar-refractivity contribution in [2.24, 2.45) is 0 Å². The van der Waals surface area contributed by atoms with Crippen molar-refractivity contribution in [3.05, 3.63) is 16.7 Å². The molecule has 12 heavy (non-hydrogen) atoms. The summed E-state index contributed by atoms with van der Waals surface area (Å²) >= 11 is 3.39. The molecule has 0 radical (unpaired) electrons. The van der Waals surface area contributed by atoms with Gasteiger partial charge in [-0.1, -0.05) is 0 Å². The third-order valence-corrected chi connectivity index (χ3v) is 2.55. The van der Waals surface area contributed by atoms with Gasteiger partial charge >= 0.3 is 0 Å². The first kappa shape index (κ1) is 9.32. The summed E-state index contributed by atoms with van der Waals surface area (Å²) in [6, 6.07) is 1.77. The normalized spacial score (nSPS) is 9.92.